The average molecular weight is 262 g/mol. The summed E-state index contributed by atoms with van der Waals surface area (Å²) in [6.45, 7) is 2.41. The fourth-order valence-corrected chi connectivity index (χ4v) is 2.66. The van der Waals surface area contributed by atoms with Crippen molar-refractivity contribution in [1.29, 1.82) is 0 Å². The summed E-state index contributed by atoms with van der Waals surface area (Å²) in [5.74, 6) is 0.155. The summed E-state index contributed by atoms with van der Waals surface area (Å²) in [5.41, 5.74) is -5.35. The van der Waals surface area contributed by atoms with Crippen molar-refractivity contribution in [3.05, 3.63) is 0 Å². The molecule has 8 heteroatoms. The van der Waals surface area contributed by atoms with Crippen LogP contribution in [0.15, 0.2) is 0 Å². The molecule has 1 fully saturated rings. The fraction of sp³-hybridized carbons (Fsp3) is 1.00. The van der Waals surface area contributed by atoms with Crippen molar-refractivity contribution >= 4 is 10.1 Å². The molecule has 96 valence electrons. The van der Waals surface area contributed by atoms with Crippen LogP contribution in [-0.4, -0.2) is 38.7 Å². The fourth-order valence-electron chi connectivity index (χ4n) is 1.96. The molecule has 2 unspecified atom stereocenters. The smallest absolute Gasteiger partial charge is 0.185 e. The van der Waals surface area contributed by atoms with E-state index in [0.717, 1.165) is 6.42 Å². The third-order valence-electron chi connectivity index (χ3n) is 2.59. The molecular weight excluding hydrogens is 247 g/mol. The summed E-state index contributed by atoms with van der Waals surface area (Å²) in [5, 5.41) is 0. The number of hydrogen-bond acceptors (Lipinski definition) is 3. The molecular formula is C8H15F3NO3S+. The van der Waals surface area contributed by atoms with Crippen molar-refractivity contribution in [2.45, 2.75) is 25.3 Å². The highest BCUT2D eigenvalue weighted by atomic mass is 32.2. The lowest BCUT2D eigenvalue weighted by Crippen LogP contribution is -2.53. The molecule has 16 heavy (non-hydrogen) atoms. The molecule has 0 spiro atoms. The minimum Gasteiger partial charge on any atom is -0.185 e. The molecule has 1 aliphatic rings. The second kappa shape index (κ2) is 4.15. The number of piperidine rings is 1. The summed E-state index contributed by atoms with van der Waals surface area (Å²) in [6, 6.07) is 0. The minimum atomic E-state index is -5.51. The zero-order valence-electron chi connectivity index (χ0n) is 9.12. The average Bonchev–Trinajstić information content (AvgIpc) is 1.98. The van der Waals surface area contributed by atoms with Gasteiger partial charge in [-0.05, 0) is 12.8 Å². The van der Waals surface area contributed by atoms with Crippen molar-refractivity contribution in [1.82, 2.24) is 0 Å². The van der Waals surface area contributed by atoms with Gasteiger partial charge in [0.15, 0.2) is 0 Å². The molecule has 0 bridgehead atoms. The first-order valence-corrected chi connectivity index (χ1v) is 6.34. The van der Waals surface area contributed by atoms with Crippen LogP contribution in [0.25, 0.3) is 0 Å². The summed E-state index contributed by atoms with van der Waals surface area (Å²) in [7, 11) is -4.15. The van der Waals surface area contributed by atoms with Gasteiger partial charge in [0, 0.05) is 5.92 Å². The van der Waals surface area contributed by atoms with Gasteiger partial charge in [-0.25, -0.2) is 0 Å². The minimum absolute atomic E-state index is 0.155. The van der Waals surface area contributed by atoms with Gasteiger partial charge in [0.2, 0.25) is 0 Å². The van der Waals surface area contributed by atoms with Crippen molar-refractivity contribution < 1.29 is 30.5 Å². The number of likely N-dealkylation sites (tertiary alicyclic amines) is 1. The number of quaternary nitrogens is 1. The van der Waals surface area contributed by atoms with Crippen LogP contribution < -0.4 is 0 Å². The lowest BCUT2D eigenvalue weighted by atomic mass is 10.0. The Morgan fingerprint density at radius 2 is 1.94 bits per heavy atom. The molecule has 0 amide bonds. The molecule has 1 saturated heterocycles. The monoisotopic (exact) mass is 262 g/mol. The standard InChI is InChI=1S/C8H15F3NO3S/c1-7-4-3-5-12(2,6-7)15-16(13,14)8(9,10)11/h7H,3-6H2,1-2H3/q+1. The van der Waals surface area contributed by atoms with Gasteiger partial charge in [-0.15, -0.1) is 0 Å². The first-order chi connectivity index (χ1) is 7.06. The highest BCUT2D eigenvalue weighted by Gasteiger charge is 2.53. The Morgan fingerprint density at radius 3 is 2.38 bits per heavy atom. The predicted molar refractivity (Wildman–Crippen MR) is 50.4 cm³/mol. The second-order valence-corrected chi connectivity index (χ2v) is 5.95. The van der Waals surface area contributed by atoms with Crippen LogP contribution in [-0.2, 0) is 14.4 Å². The molecule has 1 rings (SSSR count). The summed E-state index contributed by atoms with van der Waals surface area (Å²) >= 11 is 0. The molecule has 0 aromatic carbocycles. The van der Waals surface area contributed by atoms with Crippen LogP contribution >= 0.6 is 0 Å². The third-order valence-corrected chi connectivity index (χ3v) is 3.71. The highest BCUT2D eigenvalue weighted by molar-refractivity contribution is 7.87. The van der Waals surface area contributed by atoms with Crippen LogP contribution in [0.3, 0.4) is 0 Å². The first-order valence-electron chi connectivity index (χ1n) is 4.93. The highest BCUT2D eigenvalue weighted by Crippen LogP contribution is 2.30. The zero-order valence-corrected chi connectivity index (χ0v) is 9.94. The van der Waals surface area contributed by atoms with Crippen LogP contribution in [0.4, 0.5) is 13.2 Å². The van der Waals surface area contributed by atoms with Crippen molar-refractivity contribution in [3.63, 3.8) is 0 Å². The molecule has 0 aromatic heterocycles. The summed E-state index contributed by atoms with van der Waals surface area (Å²) in [4.78, 5) is 0. The molecule has 1 aliphatic heterocycles. The van der Waals surface area contributed by atoms with Gasteiger partial charge in [-0.1, -0.05) is 11.2 Å². The van der Waals surface area contributed by atoms with E-state index in [4.69, 9.17) is 0 Å². The number of rotatable bonds is 2. The van der Waals surface area contributed by atoms with Crippen molar-refractivity contribution in [3.8, 4) is 0 Å². The summed E-state index contributed by atoms with van der Waals surface area (Å²) in [6.07, 6.45) is 1.54. The maximum Gasteiger partial charge on any atom is 0.528 e. The maximum atomic E-state index is 12.1. The quantitative estimate of drug-likeness (QED) is 0.561. The second-order valence-electron chi connectivity index (χ2n) is 4.42. The molecule has 0 saturated carbocycles. The van der Waals surface area contributed by atoms with E-state index in [-0.39, 0.29) is 19.0 Å². The lowest BCUT2D eigenvalue weighted by Gasteiger charge is -2.36. The van der Waals surface area contributed by atoms with E-state index in [0.29, 0.717) is 6.42 Å². The van der Waals surface area contributed by atoms with E-state index in [2.05, 4.69) is 4.28 Å². The Kier molecular flexibility index (Phi) is 3.56. The topological polar surface area (TPSA) is 43.4 Å². The summed E-state index contributed by atoms with van der Waals surface area (Å²) < 4.78 is 61.9. The molecule has 0 aliphatic carbocycles. The third kappa shape index (κ3) is 3.08. The SMILES string of the molecule is CC1CCC[N+](C)(OS(=O)(=O)C(F)(F)F)C1. The number of halogens is 3. The molecule has 0 aromatic rings. The Hall–Kier alpha value is -0.340. The van der Waals surface area contributed by atoms with Crippen LogP contribution in [0.5, 0.6) is 0 Å². The van der Waals surface area contributed by atoms with E-state index in [1.165, 1.54) is 7.05 Å². The Balaban J connectivity index is 2.80. The number of nitrogens with zero attached hydrogens (tertiary/aromatic N) is 1. The van der Waals surface area contributed by atoms with Crippen LogP contribution in [0.1, 0.15) is 19.8 Å². The van der Waals surface area contributed by atoms with Gasteiger partial charge >= 0.3 is 15.6 Å². The van der Waals surface area contributed by atoms with E-state index in [9.17, 15) is 21.6 Å². The first kappa shape index (κ1) is 13.7. The number of alkyl halides is 3. The number of hydroxylamine groups is 3. The maximum absolute atomic E-state index is 12.1. The molecule has 1 heterocycles. The molecule has 2 atom stereocenters. The zero-order chi connectivity index (χ0) is 12.6. The largest absolute Gasteiger partial charge is 0.528 e. The van der Waals surface area contributed by atoms with Gasteiger partial charge in [0.05, 0.1) is 0 Å². The van der Waals surface area contributed by atoms with Gasteiger partial charge in [0.1, 0.15) is 20.1 Å². The van der Waals surface area contributed by atoms with Gasteiger partial charge in [-0.3, -0.25) is 0 Å². The van der Waals surface area contributed by atoms with Crippen molar-refractivity contribution in [2.75, 3.05) is 20.1 Å². The van der Waals surface area contributed by atoms with E-state index in [1.807, 2.05) is 6.92 Å². The lowest BCUT2D eigenvalue weighted by molar-refractivity contribution is -1.07. The van der Waals surface area contributed by atoms with E-state index >= 15 is 0 Å². The Labute approximate surface area is 92.7 Å². The Bertz CT molecular complexity index is 354. The van der Waals surface area contributed by atoms with Crippen LogP contribution in [0, 0.1) is 5.92 Å². The van der Waals surface area contributed by atoms with Crippen molar-refractivity contribution in [2.24, 2.45) is 5.92 Å². The van der Waals surface area contributed by atoms with E-state index < -0.39 is 20.3 Å². The Morgan fingerprint density at radius 1 is 1.38 bits per heavy atom. The van der Waals surface area contributed by atoms with E-state index in [1.54, 1.807) is 0 Å². The molecule has 0 radical (unpaired) electrons. The van der Waals surface area contributed by atoms with Gasteiger partial charge < -0.3 is 0 Å². The van der Waals surface area contributed by atoms with Crippen LogP contribution in [0.2, 0.25) is 0 Å². The number of hydrogen-bond donors (Lipinski definition) is 0. The molecule has 0 N–H and O–H groups in total. The molecule has 4 nitrogen and oxygen atoms in total. The van der Waals surface area contributed by atoms with Gasteiger partial charge in [-0.2, -0.15) is 26.2 Å². The van der Waals surface area contributed by atoms with Gasteiger partial charge in [0.25, 0.3) is 0 Å². The normalized spacial score (nSPS) is 32.7. The predicted octanol–water partition coefficient (Wildman–Crippen LogP) is 1.64.